The molecule has 7 nitrogen and oxygen atoms in total. The molecule has 1 atom stereocenters. The summed E-state index contributed by atoms with van der Waals surface area (Å²) in [5.41, 5.74) is 0.228. The molecule has 0 aliphatic carbocycles. The van der Waals surface area contributed by atoms with E-state index in [9.17, 15) is 14.9 Å². The molecule has 1 aromatic heterocycles. The number of rotatable bonds is 4. The fraction of sp³-hybridized carbons (Fsp3) is 0.389. The maximum absolute atomic E-state index is 12.1. The molecule has 3 rings (SSSR count). The van der Waals surface area contributed by atoms with Gasteiger partial charge in [-0.05, 0) is 12.0 Å². The van der Waals surface area contributed by atoms with Gasteiger partial charge in [0, 0.05) is 39.8 Å². The number of nitrogens with zero attached hydrogens (tertiary/aromatic N) is 4. The Hall–Kier alpha value is -2.85. The van der Waals surface area contributed by atoms with Gasteiger partial charge in [-0.1, -0.05) is 30.3 Å². The number of anilines is 1. The SMILES string of the molecule is Cn1c(NC2CCN(Cc3ccccc3)C2)c(C#N)c(=O)n(C)c1=O. The van der Waals surface area contributed by atoms with Crippen LogP contribution in [0, 0.1) is 11.3 Å². The van der Waals surface area contributed by atoms with Crippen molar-refractivity contribution in [3.05, 3.63) is 62.3 Å². The Kier molecular flexibility index (Phi) is 4.72. The first-order valence-corrected chi connectivity index (χ1v) is 8.24. The zero-order chi connectivity index (χ0) is 18.0. The van der Waals surface area contributed by atoms with Crippen LogP contribution in [-0.4, -0.2) is 33.2 Å². The van der Waals surface area contributed by atoms with Crippen molar-refractivity contribution >= 4 is 5.82 Å². The van der Waals surface area contributed by atoms with Gasteiger partial charge in [-0.2, -0.15) is 5.26 Å². The van der Waals surface area contributed by atoms with Crippen molar-refractivity contribution < 1.29 is 0 Å². The van der Waals surface area contributed by atoms with E-state index in [4.69, 9.17) is 0 Å². The standard InChI is InChI=1S/C18H21N5O2/c1-21-16(15(10-19)17(24)22(2)18(21)25)20-14-8-9-23(12-14)11-13-6-4-3-5-7-13/h3-7,14,20H,8-9,11-12H2,1-2H3. The van der Waals surface area contributed by atoms with Crippen LogP contribution in [0.15, 0.2) is 39.9 Å². The van der Waals surface area contributed by atoms with Gasteiger partial charge in [0.25, 0.3) is 5.56 Å². The van der Waals surface area contributed by atoms with Crippen LogP contribution in [0.4, 0.5) is 5.82 Å². The van der Waals surface area contributed by atoms with Crippen molar-refractivity contribution in [2.24, 2.45) is 14.1 Å². The van der Waals surface area contributed by atoms with Gasteiger partial charge in [0.15, 0.2) is 5.56 Å². The molecule has 0 amide bonds. The predicted molar refractivity (Wildman–Crippen MR) is 95.4 cm³/mol. The smallest absolute Gasteiger partial charge is 0.332 e. The lowest BCUT2D eigenvalue weighted by Gasteiger charge is -2.19. The Morgan fingerprint density at radius 2 is 1.92 bits per heavy atom. The number of nitrogens with one attached hydrogen (secondary N) is 1. The molecule has 130 valence electrons. The third-order valence-electron chi connectivity index (χ3n) is 4.64. The third kappa shape index (κ3) is 3.35. The molecule has 25 heavy (non-hydrogen) atoms. The van der Waals surface area contributed by atoms with Crippen LogP contribution in [0.5, 0.6) is 0 Å². The van der Waals surface area contributed by atoms with E-state index in [1.165, 1.54) is 17.2 Å². The first-order chi connectivity index (χ1) is 12.0. The fourth-order valence-corrected chi connectivity index (χ4v) is 3.24. The Balaban J connectivity index is 1.77. The Labute approximate surface area is 145 Å². The second-order valence-corrected chi connectivity index (χ2v) is 6.39. The molecule has 1 fully saturated rings. The normalized spacial score (nSPS) is 17.4. The summed E-state index contributed by atoms with van der Waals surface area (Å²) in [6.45, 7) is 2.58. The van der Waals surface area contributed by atoms with Crippen LogP contribution in [0.3, 0.4) is 0 Å². The lowest BCUT2D eigenvalue weighted by molar-refractivity contribution is 0.328. The first-order valence-electron chi connectivity index (χ1n) is 8.24. The molecule has 0 radical (unpaired) electrons. The van der Waals surface area contributed by atoms with Crippen molar-refractivity contribution in [3.63, 3.8) is 0 Å². The highest BCUT2D eigenvalue weighted by molar-refractivity contribution is 5.52. The number of aromatic nitrogens is 2. The predicted octanol–water partition coefficient (Wildman–Crippen LogP) is 0.642. The highest BCUT2D eigenvalue weighted by Crippen LogP contribution is 2.18. The van der Waals surface area contributed by atoms with Crippen LogP contribution in [0.1, 0.15) is 17.5 Å². The summed E-state index contributed by atoms with van der Waals surface area (Å²) in [5, 5.41) is 12.6. The number of benzene rings is 1. The van der Waals surface area contributed by atoms with Crippen LogP contribution in [0.25, 0.3) is 0 Å². The molecule has 1 N–H and O–H groups in total. The molecule has 0 spiro atoms. The monoisotopic (exact) mass is 339 g/mol. The minimum atomic E-state index is -0.563. The topological polar surface area (TPSA) is 83.1 Å². The summed E-state index contributed by atoms with van der Waals surface area (Å²) in [6, 6.07) is 12.3. The zero-order valence-corrected chi connectivity index (χ0v) is 14.4. The van der Waals surface area contributed by atoms with Gasteiger partial charge in [-0.15, -0.1) is 0 Å². The minimum Gasteiger partial charge on any atom is -0.366 e. The van der Waals surface area contributed by atoms with Gasteiger partial charge >= 0.3 is 5.69 Å². The van der Waals surface area contributed by atoms with E-state index in [1.807, 2.05) is 24.3 Å². The quantitative estimate of drug-likeness (QED) is 0.884. The third-order valence-corrected chi connectivity index (χ3v) is 4.64. The molecular formula is C18H21N5O2. The van der Waals surface area contributed by atoms with Crippen LogP contribution < -0.4 is 16.6 Å². The van der Waals surface area contributed by atoms with Crippen molar-refractivity contribution in [1.82, 2.24) is 14.0 Å². The second-order valence-electron chi connectivity index (χ2n) is 6.39. The van der Waals surface area contributed by atoms with Crippen LogP contribution in [-0.2, 0) is 20.6 Å². The molecule has 1 unspecified atom stereocenters. The average Bonchev–Trinajstić information content (AvgIpc) is 3.06. The summed E-state index contributed by atoms with van der Waals surface area (Å²) in [7, 11) is 2.95. The Morgan fingerprint density at radius 3 is 2.60 bits per heavy atom. The van der Waals surface area contributed by atoms with Crippen molar-refractivity contribution in [1.29, 1.82) is 5.26 Å². The number of likely N-dealkylation sites (tertiary alicyclic amines) is 1. The molecule has 1 saturated heterocycles. The molecule has 1 aliphatic rings. The van der Waals surface area contributed by atoms with Crippen LogP contribution in [0.2, 0.25) is 0 Å². The molecule has 0 bridgehead atoms. The first kappa shape index (κ1) is 17.0. The summed E-state index contributed by atoms with van der Waals surface area (Å²) < 4.78 is 2.29. The van der Waals surface area contributed by atoms with Gasteiger partial charge in [0.05, 0.1) is 0 Å². The zero-order valence-electron chi connectivity index (χ0n) is 14.4. The number of hydrogen-bond donors (Lipinski definition) is 1. The van der Waals surface area contributed by atoms with E-state index >= 15 is 0 Å². The summed E-state index contributed by atoms with van der Waals surface area (Å²) in [4.78, 5) is 26.6. The van der Waals surface area contributed by atoms with E-state index in [-0.39, 0.29) is 11.6 Å². The Morgan fingerprint density at radius 1 is 1.20 bits per heavy atom. The van der Waals surface area contributed by atoms with Gasteiger partial charge in [-0.3, -0.25) is 18.8 Å². The van der Waals surface area contributed by atoms with E-state index < -0.39 is 11.2 Å². The molecule has 1 aliphatic heterocycles. The van der Waals surface area contributed by atoms with Crippen molar-refractivity contribution in [2.75, 3.05) is 18.4 Å². The summed E-state index contributed by atoms with van der Waals surface area (Å²) in [6.07, 6.45) is 0.890. The highest BCUT2D eigenvalue weighted by Gasteiger charge is 2.25. The van der Waals surface area contributed by atoms with Gasteiger partial charge < -0.3 is 5.32 Å². The lowest BCUT2D eigenvalue weighted by Crippen LogP contribution is -2.41. The van der Waals surface area contributed by atoms with E-state index in [1.54, 1.807) is 7.05 Å². The van der Waals surface area contributed by atoms with Gasteiger partial charge in [0.1, 0.15) is 11.9 Å². The number of hydrogen-bond acceptors (Lipinski definition) is 5. The molecule has 0 saturated carbocycles. The van der Waals surface area contributed by atoms with Crippen LogP contribution >= 0.6 is 0 Å². The molecule has 1 aromatic carbocycles. The average molecular weight is 339 g/mol. The van der Waals surface area contributed by atoms with E-state index in [2.05, 4.69) is 22.3 Å². The van der Waals surface area contributed by atoms with E-state index in [0.29, 0.717) is 5.82 Å². The lowest BCUT2D eigenvalue weighted by atomic mass is 10.2. The Bertz CT molecular complexity index is 923. The largest absolute Gasteiger partial charge is 0.366 e. The van der Waals surface area contributed by atoms with Crippen molar-refractivity contribution in [3.8, 4) is 6.07 Å². The summed E-state index contributed by atoms with van der Waals surface area (Å²) in [5.74, 6) is 0.308. The maximum atomic E-state index is 12.1. The molecular weight excluding hydrogens is 318 g/mol. The number of nitriles is 1. The second kappa shape index (κ2) is 6.95. The maximum Gasteiger partial charge on any atom is 0.332 e. The van der Waals surface area contributed by atoms with Gasteiger partial charge in [-0.25, -0.2) is 4.79 Å². The summed E-state index contributed by atoms with van der Waals surface area (Å²) >= 11 is 0. The molecule has 7 heteroatoms. The van der Waals surface area contributed by atoms with Crippen molar-refractivity contribution in [2.45, 2.75) is 19.0 Å². The minimum absolute atomic E-state index is 0.0221. The molecule has 2 heterocycles. The highest BCUT2D eigenvalue weighted by atomic mass is 16.2. The molecule has 2 aromatic rings. The fourth-order valence-electron chi connectivity index (χ4n) is 3.24. The van der Waals surface area contributed by atoms with E-state index in [0.717, 1.165) is 30.6 Å². The van der Waals surface area contributed by atoms with Gasteiger partial charge in [0.2, 0.25) is 0 Å².